The highest BCUT2D eigenvalue weighted by atomic mass is 35.5. The highest BCUT2D eigenvalue weighted by Crippen LogP contribution is 2.31. The zero-order valence-electron chi connectivity index (χ0n) is 15.5. The average molecular weight is 381 g/mol. The van der Waals surface area contributed by atoms with Crippen LogP contribution in [0.4, 0.5) is 0 Å². The molecule has 27 heavy (non-hydrogen) atoms. The van der Waals surface area contributed by atoms with Crippen molar-refractivity contribution in [3.05, 3.63) is 92.9 Å². The first-order valence-electron chi connectivity index (χ1n) is 8.70. The highest BCUT2D eigenvalue weighted by molar-refractivity contribution is 6.30. The van der Waals surface area contributed by atoms with Gasteiger partial charge in [0, 0.05) is 47.1 Å². The van der Waals surface area contributed by atoms with Crippen LogP contribution in [-0.4, -0.2) is 17.4 Å². The van der Waals surface area contributed by atoms with Gasteiger partial charge in [-0.3, -0.25) is 9.59 Å². The summed E-state index contributed by atoms with van der Waals surface area (Å²) < 4.78 is 1.53. The minimum absolute atomic E-state index is 0.0346. The van der Waals surface area contributed by atoms with Gasteiger partial charge in [-0.05, 0) is 49.4 Å². The maximum absolute atomic E-state index is 13.1. The molecule has 1 N–H and O–H groups in total. The smallest absolute Gasteiger partial charge is 0.250 e. The summed E-state index contributed by atoms with van der Waals surface area (Å²) in [7, 11) is 3.56. The van der Waals surface area contributed by atoms with E-state index in [4.69, 9.17) is 11.6 Å². The maximum atomic E-state index is 13.1. The monoisotopic (exact) mass is 380 g/mol. The molecule has 0 saturated carbocycles. The Morgan fingerprint density at radius 3 is 2.41 bits per heavy atom. The van der Waals surface area contributed by atoms with E-state index in [1.54, 1.807) is 43.6 Å². The topological polar surface area (TPSA) is 51.1 Å². The number of nitrogens with one attached hydrogen (secondary N) is 1. The van der Waals surface area contributed by atoms with E-state index in [0.717, 1.165) is 16.7 Å². The highest BCUT2D eigenvalue weighted by Gasteiger charge is 2.19. The molecule has 0 bridgehead atoms. The molecule has 0 aliphatic carbocycles. The van der Waals surface area contributed by atoms with Crippen molar-refractivity contribution in [1.29, 1.82) is 0 Å². The number of aryl methyl sites for hydroxylation is 1. The molecule has 0 aliphatic rings. The number of benzene rings is 2. The van der Waals surface area contributed by atoms with E-state index in [0.29, 0.717) is 16.1 Å². The van der Waals surface area contributed by atoms with E-state index in [1.807, 2.05) is 38.2 Å². The average Bonchev–Trinajstić information content (AvgIpc) is 2.69. The number of aromatic nitrogens is 1. The van der Waals surface area contributed by atoms with Gasteiger partial charge in [-0.2, -0.15) is 0 Å². The molecule has 3 rings (SSSR count). The van der Waals surface area contributed by atoms with E-state index in [1.165, 1.54) is 4.57 Å². The first-order chi connectivity index (χ1) is 12.9. The molecule has 2 aromatic carbocycles. The van der Waals surface area contributed by atoms with Gasteiger partial charge in [0.25, 0.3) is 5.56 Å². The second-order valence-corrected chi connectivity index (χ2v) is 6.92. The van der Waals surface area contributed by atoms with Crippen LogP contribution in [0.3, 0.4) is 0 Å². The molecule has 1 aromatic heterocycles. The number of hydrogen-bond acceptors (Lipinski definition) is 3. The van der Waals surface area contributed by atoms with Gasteiger partial charge in [0.1, 0.15) is 0 Å². The Morgan fingerprint density at radius 2 is 1.74 bits per heavy atom. The van der Waals surface area contributed by atoms with Crippen molar-refractivity contribution in [3.63, 3.8) is 0 Å². The third kappa shape index (κ3) is 3.87. The van der Waals surface area contributed by atoms with Crippen LogP contribution >= 0.6 is 11.6 Å². The Kier molecular flexibility index (Phi) is 5.59. The summed E-state index contributed by atoms with van der Waals surface area (Å²) in [6, 6.07) is 15.9. The number of halogens is 1. The second kappa shape index (κ2) is 7.91. The molecule has 0 amide bonds. The fourth-order valence-electron chi connectivity index (χ4n) is 3.06. The largest absolute Gasteiger partial charge is 0.318 e. The van der Waals surface area contributed by atoms with E-state index in [-0.39, 0.29) is 17.4 Å². The number of nitrogens with zero attached hydrogens (tertiary/aromatic N) is 1. The number of rotatable bonds is 5. The van der Waals surface area contributed by atoms with Crippen LogP contribution < -0.4 is 10.9 Å². The number of carbonyl (C=O) groups excluding carboxylic acids is 1. The maximum Gasteiger partial charge on any atom is 0.250 e. The first-order valence-corrected chi connectivity index (χ1v) is 9.07. The normalized spacial score (nSPS) is 12.0. The minimum Gasteiger partial charge on any atom is -0.318 e. The van der Waals surface area contributed by atoms with Crippen molar-refractivity contribution in [2.24, 2.45) is 7.05 Å². The Bertz CT molecular complexity index is 1040. The van der Waals surface area contributed by atoms with Crippen LogP contribution in [0.1, 0.15) is 34.5 Å². The molecule has 0 fully saturated rings. The molecule has 5 heteroatoms. The molecule has 138 valence electrons. The van der Waals surface area contributed by atoms with Crippen molar-refractivity contribution in [1.82, 2.24) is 9.88 Å². The lowest BCUT2D eigenvalue weighted by molar-refractivity contribution is 0.103. The van der Waals surface area contributed by atoms with Crippen LogP contribution in [0.15, 0.2) is 65.6 Å². The fourth-order valence-corrected chi connectivity index (χ4v) is 3.18. The molecule has 1 heterocycles. The Morgan fingerprint density at radius 1 is 1.07 bits per heavy atom. The van der Waals surface area contributed by atoms with E-state index >= 15 is 0 Å². The molecule has 0 aliphatic heterocycles. The number of ketones is 1. The predicted molar refractivity (Wildman–Crippen MR) is 109 cm³/mol. The lowest BCUT2D eigenvalue weighted by Gasteiger charge is -2.19. The standard InChI is InChI=1S/C22H21ClN2O2/c1-14(24-2)19-12-21(26)25(3)13-20(19)17-6-4-5-7-18(17)22(27)15-8-10-16(23)11-9-15/h4-14,24H,1-3H3/t14-/m0/s1. The Balaban J connectivity index is 2.20. The number of pyridine rings is 1. The summed E-state index contributed by atoms with van der Waals surface area (Å²) >= 11 is 5.94. The molecule has 0 unspecified atom stereocenters. The summed E-state index contributed by atoms with van der Waals surface area (Å²) in [6.45, 7) is 1.99. The SMILES string of the molecule is CN[C@@H](C)c1cc(=O)n(C)cc1-c1ccccc1C(=O)c1ccc(Cl)cc1. The van der Waals surface area contributed by atoms with Gasteiger partial charge in [0.15, 0.2) is 5.78 Å². The van der Waals surface area contributed by atoms with Crippen molar-refractivity contribution < 1.29 is 4.79 Å². The van der Waals surface area contributed by atoms with Crippen LogP contribution in [0.25, 0.3) is 11.1 Å². The first kappa shape index (κ1) is 19.1. The van der Waals surface area contributed by atoms with E-state index in [2.05, 4.69) is 5.32 Å². The summed E-state index contributed by atoms with van der Waals surface area (Å²) in [5.74, 6) is -0.0841. The zero-order chi connectivity index (χ0) is 19.6. The van der Waals surface area contributed by atoms with Gasteiger partial charge in [-0.1, -0.05) is 35.9 Å². The van der Waals surface area contributed by atoms with Crippen molar-refractivity contribution in [2.75, 3.05) is 7.05 Å². The van der Waals surface area contributed by atoms with Gasteiger partial charge in [-0.25, -0.2) is 0 Å². The molecular formula is C22H21ClN2O2. The van der Waals surface area contributed by atoms with Gasteiger partial charge in [0.05, 0.1) is 0 Å². The Labute approximate surface area is 163 Å². The molecule has 0 saturated heterocycles. The lowest BCUT2D eigenvalue weighted by Crippen LogP contribution is -2.21. The van der Waals surface area contributed by atoms with E-state index in [9.17, 15) is 9.59 Å². The Hall–Kier alpha value is -2.69. The number of hydrogen-bond donors (Lipinski definition) is 1. The van der Waals surface area contributed by atoms with Crippen molar-refractivity contribution >= 4 is 17.4 Å². The van der Waals surface area contributed by atoms with Crippen molar-refractivity contribution in [2.45, 2.75) is 13.0 Å². The van der Waals surface area contributed by atoms with Crippen LogP contribution in [0.2, 0.25) is 5.02 Å². The molecule has 4 nitrogen and oxygen atoms in total. The molecular weight excluding hydrogens is 360 g/mol. The third-order valence-electron chi connectivity index (χ3n) is 4.73. The summed E-state index contributed by atoms with van der Waals surface area (Å²) in [5.41, 5.74) is 3.58. The zero-order valence-corrected chi connectivity index (χ0v) is 16.2. The van der Waals surface area contributed by atoms with Crippen molar-refractivity contribution in [3.8, 4) is 11.1 Å². The van der Waals surface area contributed by atoms with Gasteiger partial charge in [0.2, 0.25) is 0 Å². The number of carbonyl (C=O) groups is 1. The summed E-state index contributed by atoms with van der Waals surface area (Å²) in [5, 5.41) is 3.76. The van der Waals surface area contributed by atoms with Crippen LogP contribution in [-0.2, 0) is 7.05 Å². The molecule has 0 radical (unpaired) electrons. The van der Waals surface area contributed by atoms with Gasteiger partial charge < -0.3 is 9.88 Å². The molecule has 1 atom stereocenters. The lowest BCUT2D eigenvalue weighted by atomic mass is 9.90. The third-order valence-corrected chi connectivity index (χ3v) is 4.98. The van der Waals surface area contributed by atoms with Crippen LogP contribution in [0, 0.1) is 0 Å². The van der Waals surface area contributed by atoms with E-state index < -0.39 is 0 Å². The fraction of sp³-hybridized carbons (Fsp3) is 0.182. The van der Waals surface area contributed by atoms with Gasteiger partial charge >= 0.3 is 0 Å². The molecule has 0 spiro atoms. The summed E-state index contributed by atoms with van der Waals surface area (Å²) in [6.07, 6.45) is 1.79. The minimum atomic E-state index is -0.0858. The quantitative estimate of drug-likeness (QED) is 0.674. The second-order valence-electron chi connectivity index (χ2n) is 6.48. The van der Waals surface area contributed by atoms with Crippen LogP contribution in [0.5, 0.6) is 0 Å². The summed E-state index contributed by atoms with van der Waals surface area (Å²) in [4.78, 5) is 25.3. The predicted octanol–water partition coefficient (Wildman–Crippen LogP) is 4.22. The molecule has 3 aromatic rings. The van der Waals surface area contributed by atoms with Gasteiger partial charge in [-0.15, -0.1) is 0 Å².